The first kappa shape index (κ1) is 13.0. The van der Waals surface area contributed by atoms with Gasteiger partial charge in [0.2, 0.25) is 0 Å². The molecule has 5 heteroatoms. The monoisotopic (exact) mass is 229 g/mol. The number of rotatable bonds is 2. The van der Waals surface area contributed by atoms with Crippen LogP contribution in [0.3, 0.4) is 0 Å². The molecule has 1 saturated heterocycles. The van der Waals surface area contributed by atoms with Gasteiger partial charge in [-0.05, 0) is 20.8 Å². The summed E-state index contributed by atoms with van der Waals surface area (Å²) in [4.78, 5) is 24.7. The van der Waals surface area contributed by atoms with E-state index >= 15 is 0 Å². The summed E-state index contributed by atoms with van der Waals surface area (Å²) in [6, 6.07) is 0. The fraction of sp³-hybridized carbons (Fsp3) is 0.818. The molecule has 0 N–H and O–H groups in total. The van der Waals surface area contributed by atoms with Crippen molar-refractivity contribution in [3.8, 4) is 0 Å². The van der Waals surface area contributed by atoms with Gasteiger partial charge in [0.25, 0.3) is 5.91 Å². The molecule has 0 spiro atoms. The molecule has 1 amide bonds. The Balaban J connectivity index is 2.32. The topological polar surface area (TPSA) is 55.8 Å². The van der Waals surface area contributed by atoms with Crippen LogP contribution in [0.1, 0.15) is 20.8 Å². The van der Waals surface area contributed by atoms with E-state index in [1.165, 1.54) is 0 Å². The first-order valence-electron chi connectivity index (χ1n) is 5.44. The van der Waals surface area contributed by atoms with E-state index in [1.54, 1.807) is 25.7 Å². The Labute approximate surface area is 95.7 Å². The molecule has 0 radical (unpaired) electrons. The van der Waals surface area contributed by atoms with Crippen LogP contribution >= 0.6 is 0 Å². The molecule has 1 aliphatic rings. The van der Waals surface area contributed by atoms with Crippen LogP contribution in [-0.2, 0) is 19.1 Å². The van der Waals surface area contributed by atoms with E-state index < -0.39 is 5.41 Å². The Morgan fingerprint density at radius 3 is 2.31 bits per heavy atom. The van der Waals surface area contributed by atoms with Crippen LogP contribution in [0.15, 0.2) is 0 Å². The van der Waals surface area contributed by atoms with Crippen LogP contribution in [-0.4, -0.2) is 49.7 Å². The van der Waals surface area contributed by atoms with Crippen molar-refractivity contribution in [2.75, 3.05) is 32.9 Å². The lowest BCUT2D eigenvalue weighted by atomic mass is 9.97. The van der Waals surface area contributed by atoms with Gasteiger partial charge in [-0.25, -0.2) is 0 Å². The first-order valence-corrected chi connectivity index (χ1v) is 5.44. The third kappa shape index (κ3) is 3.81. The molecule has 16 heavy (non-hydrogen) atoms. The van der Waals surface area contributed by atoms with Crippen molar-refractivity contribution >= 4 is 11.9 Å². The number of nitrogens with zero attached hydrogens (tertiary/aromatic N) is 1. The molecule has 1 aliphatic heterocycles. The van der Waals surface area contributed by atoms with Gasteiger partial charge in [-0.3, -0.25) is 9.59 Å². The van der Waals surface area contributed by atoms with E-state index in [9.17, 15) is 9.59 Å². The Morgan fingerprint density at radius 1 is 1.25 bits per heavy atom. The van der Waals surface area contributed by atoms with Crippen molar-refractivity contribution in [1.29, 1.82) is 0 Å². The fourth-order valence-corrected chi connectivity index (χ4v) is 1.25. The highest BCUT2D eigenvalue weighted by atomic mass is 16.5. The fourth-order valence-electron chi connectivity index (χ4n) is 1.25. The van der Waals surface area contributed by atoms with Gasteiger partial charge in [0.15, 0.2) is 6.61 Å². The van der Waals surface area contributed by atoms with Gasteiger partial charge in [-0.2, -0.15) is 0 Å². The van der Waals surface area contributed by atoms with Crippen LogP contribution in [0.2, 0.25) is 0 Å². The second kappa shape index (κ2) is 5.30. The molecule has 0 aromatic heterocycles. The van der Waals surface area contributed by atoms with E-state index in [-0.39, 0.29) is 18.5 Å². The van der Waals surface area contributed by atoms with Crippen molar-refractivity contribution in [2.24, 2.45) is 5.41 Å². The van der Waals surface area contributed by atoms with Gasteiger partial charge in [0.05, 0.1) is 18.6 Å². The van der Waals surface area contributed by atoms with Gasteiger partial charge in [0.1, 0.15) is 0 Å². The molecule has 1 heterocycles. The van der Waals surface area contributed by atoms with Gasteiger partial charge < -0.3 is 14.4 Å². The summed E-state index contributed by atoms with van der Waals surface area (Å²) in [7, 11) is 0. The van der Waals surface area contributed by atoms with Crippen LogP contribution < -0.4 is 0 Å². The predicted octanol–water partition coefficient (Wildman–Crippen LogP) is 0.434. The molecule has 1 rings (SSSR count). The molecular weight excluding hydrogens is 210 g/mol. The van der Waals surface area contributed by atoms with Crippen LogP contribution in [0.4, 0.5) is 0 Å². The predicted molar refractivity (Wildman–Crippen MR) is 57.8 cm³/mol. The van der Waals surface area contributed by atoms with Gasteiger partial charge in [0, 0.05) is 13.1 Å². The average Bonchev–Trinajstić information content (AvgIpc) is 2.25. The molecule has 0 bridgehead atoms. The number of carbonyl (C=O) groups is 2. The van der Waals surface area contributed by atoms with Crippen molar-refractivity contribution in [2.45, 2.75) is 20.8 Å². The van der Waals surface area contributed by atoms with E-state index in [0.29, 0.717) is 26.3 Å². The molecule has 1 fully saturated rings. The minimum absolute atomic E-state index is 0.152. The smallest absolute Gasteiger partial charge is 0.311 e. The maximum Gasteiger partial charge on any atom is 0.311 e. The van der Waals surface area contributed by atoms with Gasteiger partial charge in [-0.1, -0.05) is 0 Å². The molecule has 0 aromatic carbocycles. The van der Waals surface area contributed by atoms with Gasteiger partial charge in [-0.15, -0.1) is 0 Å². The number of amides is 1. The number of morpholine rings is 1. The number of hydrogen-bond donors (Lipinski definition) is 0. The maximum atomic E-state index is 11.6. The maximum absolute atomic E-state index is 11.6. The normalized spacial score (nSPS) is 17.1. The van der Waals surface area contributed by atoms with Crippen LogP contribution in [0.25, 0.3) is 0 Å². The molecular formula is C11H19NO4. The Morgan fingerprint density at radius 2 is 1.81 bits per heavy atom. The summed E-state index contributed by atoms with van der Waals surface area (Å²) in [5, 5.41) is 0. The van der Waals surface area contributed by atoms with Crippen molar-refractivity contribution in [1.82, 2.24) is 4.90 Å². The van der Waals surface area contributed by atoms with E-state index in [2.05, 4.69) is 0 Å². The summed E-state index contributed by atoms with van der Waals surface area (Å²) >= 11 is 0. The highest BCUT2D eigenvalue weighted by molar-refractivity contribution is 5.82. The minimum atomic E-state index is -0.564. The third-order valence-corrected chi connectivity index (χ3v) is 2.30. The first-order chi connectivity index (χ1) is 7.41. The van der Waals surface area contributed by atoms with E-state index in [0.717, 1.165) is 0 Å². The molecule has 0 aromatic rings. The zero-order valence-corrected chi connectivity index (χ0v) is 10.1. The Kier molecular flexibility index (Phi) is 4.29. The Bertz CT molecular complexity index is 264. The van der Waals surface area contributed by atoms with Crippen molar-refractivity contribution in [3.63, 3.8) is 0 Å². The third-order valence-electron chi connectivity index (χ3n) is 2.30. The summed E-state index contributed by atoms with van der Waals surface area (Å²) in [6.07, 6.45) is 0. The summed E-state index contributed by atoms with van der Waals surface area (Å²) in [6.45, 7) is 7.36. The minimum Gasteiger partial charge on any atom is -0.455 e. The zero-order valence-electron chi connectivity index (χ0n) is 10.1. The molecule has 5 nitrogen and oxygen atoms in total. The molecule has 92 valence electrons. The lowest BCUT2D eigenvalue weighted by molar-refractivity contribution is -0.160. The van der Waals surface area contributed by atoms with Crippen molar-refractivity contribution < 1.29 is 19.1 Å². The highest BCUT2D eigenvalue weighted by Crippen LogP contribution is 2.15. The molecule has 0 saturated carbocycles. The van der Waals surface area contributed by atoms with Crippen molar-refractivity contribution in [3.05, 3.63) is 0 Å². The largest absolute Gasteiger partial charge is 0.455 e. The standard InChI is InChI=1S/C11H19NO4/c1-11(2,3)10(14)16-8-9(13)12-4-6-15-7-5-12/h4-8H2,1-3H3. The van der Waals surface area contributed by atoms with E-state index in [4.69, 9.17) is 9.47 Å². The second-order valence-electron chi connectivity index (χ2n) is 4.82. The molecule has 0 atom stereocenters. The Hall–Kier alpha value is -1.10. The highest BCUT2D eigenvalue weighted by Gasteiger charge is 2.25. The lowest BCUT2D eigenvalue weighted by Gasteiger charge is -2.27. The number of hydrogen-bond acceptors (Lipinski definition) is 4. The van der Waals surface area contributed by atoms with Crippen LogP contribution in [0, 0.1) is 5.41 Å². The quantitative estimate of drug-likeness (QED) is 0.644. The second-order valence-corrected chi connectivity index (χ2v) is 4.82. The van der Waals surface area contributed by atoms with E-state index in [1.807, 2.05) is 0 Å². The summed E-state index contributed by atoms with van der Waals surface area (Å²) in [5.41, 5.74) is -0.564. The number of ether oxygens (including phenoxy) is 2. The SMILES string of the molecule is CC(C)(C)C(=O)OCC(=O)N1CCOCC1. The number of esters is 1. The van der Waals surface area contributed by atoms with Gasteiger partial charge >= 0.3 is 5.97 Å². The average molecular weight is 229 g/mol. The summed E-state index contributed by atoms with van der Waals surface area (Å²) < 4.78 is 10.1. The zero-order chi connectivity index (χ0) is 12.2. The lowest BCUT2D eigenvalue weighted by Crippen LogP contribution is -2.43. The van der Waals surface area contributed by atoms with Crippen LogP contribution in [0.5, 0.6) is 0 Å². The number of carbonyl (C=O) groups excluding carboxylic acids is 2. The summed E-state index contributed by atoms with van der Waals surface area (Å²) in [5.74, 6) is -0.505. The molecule has 0 unspecified atom stereocenters. The molecule has 0 aliphatic carbocycles.